The zero-order valence-corrected chi connectivity index (χ0v) is 12.6. The monoisotopic (exact) mass is 294 g/mol. The van der Waals surface area contributed by atoms with E-state index in [1.807, 2.05) is 24.3 Å². The van der Waals surface area contributed by atoms with E-state index in [1.54, 1.807) is 0 Å². The first-order chi connectivity index (χ1) is 9.24. The fraction of sp³-hybridized carbons (Fsp3) is 0.562. The Labute approximate surface area is 126 Å². The minimum Gasteiger partial charge on any atom is -0.399 e. The molecule has 20 heavy (non-hydrogen) atoms. The lowest BCUT2D eigenvalue weighted by Gasteiger charge is -2.17. The van der Waals surface area contributed by atoms with Crippen LogP contribution in [0.25, 0.3) is 0 Å². The van der Waals surface area contributed by atoms with Gasteiger partial charge in [-0.05, 0) is 42.7 Å². The van der Waals surface area contributed by atoms with Gasteiger partial charge in [0.15, 0.2) is 0 Å². The van der Waals surface area contributed by atoms with Crippen LogP contribution in [-0.2, 0) is 11.2 Å². The van der Waals surface area contributed by atoms with Crippen LogP contribution in [0.15, 0.2) is 24.3 Å². The Morgan fingerprint density at radius 2 is 1.85 bits per heavy atom. The number of amides is 1. The van der Waals surface area contributed by atoms with Crippen LogP contribution in [0.3, 0.4) is 0 Å². The summed E-state index contributed by atoms with van der Waals surface area (Å²) in [5, 5.41) is 0. The van der Waals surface area contributed by atoms with Gasteiger partial charge in [0.25, 0.3) is 0 Å². The second-order valence-electron chi connectivity index (χ2n) is 5.95. The molecule has 0 aromatic heterocycles. The molecular weight excluding hydrogens is 272 g/mol. The van der Waals surface area contributed by atoms with E-state index in [2.05, 4.69) is 4.90 Å². The fourth-order valence-corrected chi connectivity index (χ4v) is 3.60. The highest BCUT2D eigenvalue weighted by molar-refractivity contribution is 5.85. The molecular formula is C16H23ClN2O. The number of likely N-dealkylation sites (tertiary alicyclic amines) is 1. The quantitative estimate of drug-likeness (QED) is 0.871. The maximum absolute atomic E-state index is 12.2. The number of nitrogens with zero attached hydrogens (tertiary/aromatic N) is 1. The molecule has 3 rings (SSSR count). The molecule has 1 heterocycles. The van der Waals surface area contributed by atoms with Crippen LogP contribution in [0.2, 0.25) is 0 Å². The number of rotatable bonds is 3. The summed E-state index contributed by atoms with van der Waals surface area (Å²) < 4.78 is 0. The number of nitrogen functional groups attached to an aromatic ring is 1. The number of fused-ring (bicyclic) bond motifs is 1. The number of benzene rings is 1. The predicted molar refractivity (Wildman–Crippen MR) is 83.8 cm³/mol. The van der Waals surface area contributed by atoms with Crippen LogP contribution in [0.1, 0.15) is 31.2 Å². The highest BCUT2D eigenvalue weighted by Crippen LogP contribution is 2.37. The molecule has 2 atom stereocenters. The van der Waals surface area contributed by atoms with E-state index < -0.39 is 0 Å². The zero-order chi connectivity index (χ0) is 13.2. The minimum atomic E-state index is 0. The Hall–Kier alpha value is -1.22. The predicted octanol–water partition coefficient (Wildman–Crippen LogP) is 2.88. The summed E-state index contributed by atoms with van der Waals surface area (Å²) in [7, 11) is 0. The second-order valence-corrected chi connectivity index (χ2v) is 5.95. The minimum absolute atomic E-state index is 0. The summed E-state index contributed by atoms with van der Waals surface area (Å²) in [5.41, 5.74) is 7.80. The average molecular weight is 295 g/mol. The summed E-state index contributed by atoms with van der Waals surface area (Å²) in [6, 6.07) is 7.83. The van der Waals surface area contributed by atoms with E-state index in [4.69, 9.17) is 5.73 Å². The van der Waals surface area contributed by atoms with Gasteiger partial charge < -0.3 is 10.6 Å². The van der Waals surface area contributed by atoms with E-state index in [0.717, 1.165) is 42.6 Å². The third-order valence-corrected chi connectivity index (χ3v) is 4.74. The Kier molecular flexibility index (Phi) is 4.92. The summed E-state index contributed by atoms with van der Waals surface area (Å²) in [6.07, 6.45) is 5.35. The van der Waals surface area contributed by atoms with Gasteiger partial charge in [-0.2, -0.15) is 0 Å². The van der Waals surface area contributed by atoms with Gasteiger partial charge in [0.2, 0.25) is 5.91 Å². The molecule has 1 saturated heterocycles. The number of carbonyl (C=O) groups excluding carboxylic acids is 1. The van der Waals surface area contributed by atoms with Crippen molar-refractivity contribution in [3.8, 4) is 0 Å². The van der Waals surface area contributed by atoms with Crippen molar-refractivity contribution in [1.29, 1.82) is 0 Å². The van der Waals surface area contributed by atoms with Crippen molar-refractivity contribution in [2.75, 3.05) is 18.8 Å². The standard InChI is InChI=1S/C16H22N2O.ClH/c17-15-7-2-1-4-12(15)8-9-16(19)18-10-13-5-3-6-14(13)11-18;/h1-2,4,7,13-14H,3,5-6,8-11,17H2;1H. The van der Waals surface area contributed by atoms with Crippen molar-refractivity contribution in [3.63, 3.8) is 0 Å². The van der Waals surface area contributed by atoms with E-state index in [1.165, 1.54) is 19.3 Å². The molecule has 0 bridgehead atoms. The molecule has 1 aliphatic carbocycles. The van der Waals surface area contributed by atoms with Crippen LogP contribution in [0, 0.1) is 11.8 Å². The third kappa shape index (κ3) is 3.09. The van der Waals surface area contributed by atoms with Crippen molar-refractivity contribution in [3.05, 3.63) is 29.8 Å². The van der Waals surface area contributed by atoms with Gasteiger partial charge in [0, 0.05) is 25.2 Å². The molecule has 2 unspecified atom stereocenters. The molecule has 1 saturated carbocycles. The molecule has 2 N–H and O–H groups in total. The number of halogens is 1. The van der Waals surface area contributed by atoms with Crippen LogP contribution >= 0.6 is 12.4 Å². The number of para-hydroxylation sites is 1. The molecule has 2 fully saturated rings. The molecule has 0 radical (unpaired) electrons. The van der Waals surface area contributed by atoms with Gasteiger partial charge in [-0.3, -0.25) is 4.79 Å². The molecule has 3 nitrogen and oxygen atoms in total. The maximum atomic E-state index is 12.2. The van der Waals surface area contributed by atoms with E-state index in [0.29, 0.717) is 12.3 Å². The molecule has 1 aliphatic heterocycles. The molecule has 1 aromatic carbocycles. The molecule has 4 heteroatoms. The average Bonchev–Trinajstić information content (AvgIpc) is 2.98. The van der Waals surface area contributed by atoms with Crippen LogP contribution in [0.4, 0.5) is 5.69 Å². The number of aryl methyl sites for hydroxylation is 1. The molecule has 0 spiro atoms. The Morgan fingerprint density at radius 3 is 2.50 bits per heavy atom. The molecule has 1 amide bonds. The number of anilines is 1. The van der Waals surface area contributed by atoms with Gasteiger partial charge in [-0.25, -0.2) is 0 Å². The number of nitrogens with two attached hydrogens (primary N) is 1. The fourth-order valence-electron chi connectivity index (χ4n) is 3.60. The Bertz CT molecular complexity index is 465. The van der Waals surface area contributed by atoms with Crippen molar-refractivity contribution < 1.29 is 4.79 Å². The highest BCUT2D eigenvalue weighted by Gasteiger charge is 2.37. The van der Waals surface area contributed by atoms with E-state index >= 15 is 0 Å². The van der Waals surface area contributed by atoms with Crippen molar-refractivity contribution >= 4 is 24.0 Å². The molecule has 110 valence electrons. The topological polar surface area (TPSA) is 46.3 Å². The maximum Gasteiger partial charge on any atom is 0.222 e. The number of hydrogen-bond acceptors (Lipinski definition) is 2. The normalized spacial score (nSPS) is 24.3. The second kappa shape index (κ2) is 6.49. The van der Waals surface area contributed by atoms with Crippen molar-refractivity contribution in [2.45, 2.75) is 32.1 Å². The first kappa shape index (κ1) is 15.2. The van der Waals surface area contributed by atoms with Gasteiger partial charge in [0.05, 0.1) is 0 Å². The van der Waals surface area contributed by atoms with E-state index in [-0.39, 0.29) is 12.4 Å². The summed E-state index contributed by atoms with van der Waals surface area (Å²) in [5.74, 6) is 1.87. The third-order valence-electron chi connectivity index (χ3n) is 4.74. The smallest absolute Gasteiger partial charge is 0.222 e. The van der Waals surface area contributed by atoms with Crippen LogP contribution in [-0.4, -0.2) is 23.9 Å². The summed E-state index contributed by atoms with van der Waals surface area (Å²) in [4.78, 5) is 14.3. The Morgan fingerprint density at radius 1 is 1.20 bits per heavy atom. The summed E-state index contributed by atoms with van der Waals surface area (Å²) in [6.45, 7) is 1.99. The van der Waals surface area contributed by atoms with E-state index in [9.17, 15) is 4.79 Å². The lowest BCUT2D eigenvalue weighted by Crippen LogP contribution is -2.29. The van der Waals surface area contributed by atoms with Crippen LogP contribution in [0.5, 0.6) is 0 Å². The SMILES string of the molecule is Cl.Nc1ccccc1CCC(=O)N1CC2CCCC2C1. The number of hydrogen-bond donors (Lipinski definition) is 1. The largest absolute Gasteiger partial charge is 0.399 e. The zero-order valence-electron chi connectivity index (χ0n) is 11.8. The van der Waals surface area contributed by atoms with Gasteiger partial charge >= 0.3 is 0 Å². The molecule has 1 aromatic rings. The first-order valence-electron chi connectivity index (χ1n) is 7.35. The summed E-state index contributed by atoms with van der Waals surface area (Å²) >= 11 is 0. The highest BCUT2D eigenvalue weighted by atomic mass is 35.5. The van der Waals surface area contributed by atoms with Crippen molar-refractivity contribution in [2.24, 2.45) is 11.8 Å². The van der Waals surface area contributed by atoms with Gasteiger partial charge in [-0.1, -0.05) is 24.6 Å². The lowest BCUT2D eigenvalue weighted by molar-refractivity contribution is -0.130. The molecule has 2 aliphatic rings. The number of carbonyl (C=O) groups is 1. The Balaban J connectivity index is 0.00000147. The first-order valence-corrected chi connectivity index (χ1v) is 7.35. The van der Waals surface area contributed by atoms with Crippen LogP contribution < -0.4 is 5.73 Å². The lowest BCUT2D eigenvalue weighted by atomic mass is 10.0. The van der Waals surface area contributed by atoms with Gasteiger partial charge in [-0.15, -0.1) is 12.4 Å². The van der Waals surface area contributed by atoms with Gasteiger partial charge in [0.1, 0.15) is 0 Å². The van der Waals surface area contributed by atoms with Crippen molar-refractivity contribution in [1.82, 2.24) is 4.90 Å².